The third-order valence-corrected chi connectivity index (χ3v) is 5.59. The first-order valence-corrected chi connectivity index (χ1v) is 10.2. The van der Waals surface area contributed by atoms with Crippen LogP contribution in [-0.2, 0) is 6.42 Å². The van der Waals surface area contributed by atoms with Gasteiger partial charge in [-0.25, -0.2) is 4.68 Å². The number of hydrogen-bond acceptors (Lipinski definition) is 4. The highest BCUT2D eigenvalue weighted by molar-refractivity contribution is 5.97. The summed E-state index contributed by atoms with van der Waals surface area (Å²) in [6.45, 7) is 4.19. The summed E-state index contributed by atoms with van der Waals surface area (Å²) < 4.78 is 12.7. The van der Waals surface area contributed by atoms with Crippen molar-refractivity contribution in [2.45, 2.75) is 39.2 Å². The van der Waals surface area contributed by atoms with Gasteiger partial charge in [0.25, 0.3) is 5.91 Å². The van der Waals surface area contributed by atoms with Crippen molar-refractivity contribution in [3.8, 4) is 17.2 Å². The number of hydrogen-bond donors (Lipinski definition) is 1. The fraction of sp³-hybridized carbons (Fsp3) is 0.333. The van der Waals surface area contributed by atoms with Gasteiger partial charge in [0.1, 0.15) is 11.5 Å². The van der Waals surface area contributed by atoms with E-state index in [1.807, 2.05) is 10.9 Å². The zero-order valence-electron chi connectivity index (χ0n) is 17.9. The highest BCUT2D eigenvalue weighted by Crippen LogP contribution is 2.32. The molecule has 0 unspecified atom stereocenters. The van der Waals surface area contributed by atoms with Crippen LogP contribution in [0.4, 0.5) is 0 Å². The zero-order valence-corrected chi connectivity index (χ0v) is 17.9. The van der Waals surface area contributed by atoms with Gasteiger partial charge in [-0.3, -0.25) is 4.79 Å². The van der Waals surface area contributed by atoms with Gasteiger partial charge < -0.3 is 14.8 Å². The highest BCUT2D eigenvalue weighted by Gasteiger charge is 2.27. The summed E-state index contributed by atoms with van der Waals surface area (Å²) >= 11 is 0. The molecule has 1 amide bonds. The number of amides is 1. The molecule has 0 fully saturated rings. The van der Waals surface area contributed by atoms with E-state index in [1.165, 1.54) is 11.1 Å². The lowest BCUT2D eigenvalue weighted by Crippen LogP contribution is -2.31. The van der Waals surface area contributed by atoms with Crippen LogP contribution in [0.1, 0.15) is 51.6 Å². The quantitative estimate of drug-likeness (QED) is 0.687. The van der Waals surface area contributed by atoms with E-state index in [0.717, 1.165) is 36.2 Å². The van der Waals surface area contributed by atoms with Gasteiger partial charge in [-0.2, -0.15) is 5.10 Å². The Morgan fingerprint density at radius 2 is 1.87 bits per heavy atom. The summed E-state index contributed by atoms with van der Waals surface area (Å²) in [5, 5.41) is 7.84. The molecule has 0 radical (unpaired) electrons. The van der Waals surface area contributed by atoms with E-state index in [9.17, 15) is 4.79 Å². The van der Waals surface area contributed by atoms with Crippen molar-refractivity contribution in [1.82, 2.24) is 15.1 Å². The lowest BCUT2D eigenvalue weighted by atomic mass is 9.92. The standard InChI is InChI=1S/C24H27N3O3/c1-15-10-16(2)12-17(11-15)27-22-7-5-6-21(20(22)14-25-27)26-24(28)19-13-18(29-3)8-9-23(19)30-4/h8-14,21H,5-7H2,1-4H3,(H,26,28)/t21-/m0/s1. The third-order valence-electron chi connectivity index (χ3n) is 5.59. The van der Waals surface area contributed by atoms with E-state index in [2.05, 4.69) is 42.5 Å². The van der Waals surface area contributed by atoms with Crippen LogP contribution in [-0.4, -0.2) is 29.9 Å². The Balaban J connectivity index is 1.63. The molecule has 156 valence electrons. The smallest absolute Gasteiger partial charge is 0.255 e. The summed E-state index contributed by atoms with van der Waals surface area (Å²) in [6.07, 6.45) is 4.70. The van der Waals surface area contributed by atoms with Gasteiger partial charge in [0.15, 0.2) is 0 Å². The SMILES string of the molecule is COc1ccc(OC)c(C(=O)N[C@H]2CCCc3c2cnn3-c2cc(C)cc(C)c2)c1. The van der Waals surface area contributed by atoms with Gasteiger partial charge in [-0.05, 0) is 74.6 Å². The fourth-order valence-corrected chi connectivity index (χ4v) is 4.23. The van der Waals surface area contributed by atoms with Crippen molar-refractivity contribution in [2.24, 2.45) is 0 Å². The first-order chi connectivity index (χ1) is 14.5. The average molecular weight is 405 g/mol. The zero-order chi connectivity index (χ0) is 21.3. The van der Waals surface area contributed by atoms with Gasteiger partial charge in [-0.15, -0.1) is 0 Å². The van der Waals surface area contributed by atoms with Crippen molar-refractivity contribution in [1.29, 1.82) is 0 Å². The van der Waals surface area contributed by atoms with Crippen LogP contribution < -0.4 is 14.8 Å². The summed E-state index contributed by atoms with van der Waals surface area (Å²) in [7, 11) is 3.14. The molecule has 4 rings (SSSR count). The van der Waals surface area contributed by atoms with Crippen molar-refractivity contribution < 1.29 is 14.3 Å². The van der Waals surface area contributed by atoms with Crippen LogP contribution in [0.15, 0.2) is 42.6 Å². The topological polar surface area (TPSA) is 65.4 Å². The lowest BCUT2D eigenvalue weighted by molar-refractivity contribution is 0.0929. The number of aromatic nitrogens is 2. The molecule has 0 saturated heterocycles. The number of carbonyl (C=O) groups excluding carboxylic acids is 1. The molecule has 2 aromatic carbocycles. The molecule has 30 heavy (non-hydrogen) atoms. The van der Waals surface area contributed by atoms with Crippen molar-refractivity contribution in [2.75, 3.05) is 14.2 Å². The van der Waals surface area contributed by atoms with E-state index in [-0.39, 0.29) is 11.9 Å². The van der Waals surface area contributed by atoms with Gasteiger partial charge in [-0.1, -0.05) is 6.07 Å². The van der Waals surface area contributed by atoms with Crippen LogP contribution in [0.2, 0.25) is 0 Å². The molecule has 0 spiro atoms. The van der Waals surface area contributed by atoms with Crippen molar-refractivity contribution in [3.63, 3.8) is 0 Å². The first kappa shape index (κ1) is 20.0. The second-order valence-electron chi connectivity index (χ2n) is 7.79. The second kappa shape index (κ2) is 8.22. The number of rotatable bonds is 5. The molecule has 6 nitrogen and oxygen atoms in total. The minimum absolute atomic E-state index is 0.0863. The van der Waals surface area contributed by atoms with Crippen molar-refractivity contribution >= 4 is 5.91 Å². The monoisotopic (exact) mass is 405 g/mol. The van der Waals surface area contributed by atoms with Crippen LogP contribution in [0, 0.1) is 13.8 Å². The molecule has 3 aromatic rings. The fourth-order valence-electron chi connectivity index (χ4n) is 4.23. The number of fused-ring (bicyclic) bond motifs is 1. The number of benzene rings is 2. The summed E-state index contributed by atoms with van der Waals surface area (Å²) in [5.41, 5.74) is 6.19. The van der Waals surface area contributed by atoms with Crippen LogP contribution >= 0.6 is 0 Å². The van der Waals surface area contributed by atoms with Crippen molar-refractivity contribution in [3.05, 3.63) is 70.5 Å². The summed E-state index contributed by atoms with van der Waals surface area (Å²) in [4.78, 5) is 13.1. The van der Waals surface area contributed by atoms with Crippen LogP contribution in [0.3, 0.4) is 0 Å². The normalized spacial score (nSPS) is 15.4. The van der Waals surface area contributed by atoms with E-state index in [4.69, 9.17) is 9.47 Å². The van der Waals surface area contributed by atoms with Crippen LogP contribution in [0.5, 0.6) is 11.5 Å². The maximum Gasteiger partial charge on any atom is 0.255 e. The number of ether oxygens (including phenoxy) is 2. The molecular formula is C24H27N3O3. The summed E-state index contributed by atoms with van der Waals surface area (Å²) in [6, 6.07) is 11.6. The number of carbonyl (C=O) groups is 1. The highest BCUT2D eigenvalue weighted by atomic mass is 16.5. The molecule has 1 N–H and O–H groups in total. The van der Waals surface area contributed by atoms with Gasteiger partial charge in [0, 0.05) is 11.3 Å². The molecule has 1 aromatic heterocycles. The molecular weight excluding hydrogens is 378 g/mol. The number of aryl methyl sites for hydroxylation is 2. The predicted molar refractivity (Wildman–Crippen MR) is 116 cm³/mol. The Morgan fingerprint density at radius 3 is 2.57 bits per heavy atom. The molecule has 0 bridgehead atoms. The Kier molecular flexibility index (Phi) is 5.48. The third kappa shape index (κ3) is 3.77. The van der Waals surface area contributed by atoms with Gasteiger partial charge >= 0.3 is 0 Å². The number of nitrogens with zero attached hydrogens (tertiary/aromatic N) is 2. The van der Waals surface area contributed by atoms with E-state index >= 15 is 0 Å². The van der Waals surface area contributed by atoms with E-state index in [1.54, 1.807) is 32.4 Å². The Morgan fingerprint density at radius 1 is 1.10 bits per heavy atom. The molecule has 1 aliphatic rings. The Bertz CT molecular complexity index is 1070. The molecule has 1 heterocycles. The maximum atomic E-state index is 13.1. The molecule has 6 heteroatoms. The number of nitrogens with one attached hydrogen (secondary N) is 1. The summed E-state index contributed by atoms with van der Waals surface area (Å²) in [5.74, 6) is 0.964. The largest absolute Gasteiger partial charge is 0.497 e. The minimum atomic E-state index is -0.178. The van der Waals surface area contributed by atoms with Gasteiger partial charge in [0.2, 0.25) is 0 Å². The lowest BCUT2D eigenvalue weighted by Gasteiger charge is -2.25. The molecule has 0 aliphatic heterocycles. The molecule has 1 atom stereocenters. The van der Waals surface area contributed by atoms with E-state index in [0.29, 0.717) is 17.1 Å². The van der Waals surface area contributed by atoms with E-state index < -0.39 is 0 Å². The van der Waals surface area contributed by atoms with Crippen LogP contribution in [0.25, 0.3) is 5.69 Å². The number of methoxy groups -OCH3 is 2. The first-order valence-electron chi connectivity index (χ1n) is 10.2. The minimum Gasteiger partial charge on any atom is -0.497 e. The molecule has 1 aliphatic carbocycles. The van der Waals surface area contributed by atoms with Gasteiger partial charge in [0.05, 0.1) is 37.7 Å². The maximum absolute atomic E-state index is 13.1. The Labute approximate surface area is 176 Å². The predicted octanol–water partition coefficient (Wildman–Crippen LogP) is 4.31. The Hall–Kier alpha value is -3.28. The second-order valence-corrected chi connectivity index (χ2v) is 7.79. The molecule has 0 saturated carbocycles. The average Bonchev–Trinajstić information content (AvgIpc) is 3.17.